The fourth-order valence-electron chi connectivity index (χ4n) is 12.3. The van der Waals surface area contributed by atoms with E-state index in [0.717, 1.165) is 64.2 Å². The largest absolute Gasteiger partial charge is 0.472 e. The molecule has 2 atom stereocenters. The number of unbranched alkanes of at least 4 members (excludes halogenated alkanes) is 53. The molecule has 0 saturated heterocycles. The Labute approximate surface area is 585 Å². The average Bonchev–Trinajstić information content (AvgIpc) is 1.56. The molecule has 552 valence electrons. The number of hydrogen-bond donors (Lipinski definition) is 1. The highest BCUT2D eigenvalue weighted by Gasteiger charge is 2.27. The Hall–Kier alpha value is -2.29. The highest BCUT2D eigenvalue weighted by atomic mass is 31.2. The van der Waals surface area contributed by atoms with E-state index in [1.54, 1.807) is 0 Å². The predicted molar refractivity (Wildman–Crippen MR) is 409 cm³/mol. The van der Waals surface area contributed by atoms with Gasteiger partial charge in [0.25, 0.3) is 0 Å². The molecular formula is C84H159NO8P+. The fourth-order valence-corrected chi connectivity index (χ4v) is 13.1. The summed E-state index contributed by atoms with van der Waals surface area (Å²) in [6.07, 6.45) is 101. The molecule has 0 fully saturated rings. The van der Waals surface area contributed by atoms with Crippen LogP contribution < -0.4 is 0 Å². The standard InChI is InChI=1S/C84H158NO8P/c1-6-8-10-12-14-16-18-20-22-24-26-28-30-32-34-36-38-40-41-42-43-45-46-48-50-52-54-56-58-60-62-64-66-68-70-72-74-76-83(86)90-80-82(81-92-94(88,89)91-79-78-85(3,4)5)93-84(87)77-75-73-71-69-67-65-63-61-59-57-55-53-51-49-47-44-39-37-35-33-31-29-27-25-23-21-19-17-15-13-11-9-7-2/h9,11,15,17,21,23,27,29,33,35,82H,6-8,10,12-14,16,18-20,22,24-26,28,30-32,34,36-81H2,1-5H3/p+1/b11-9-,17-15-,23-21-,29-27-,35-33-. The molecule has 1 N–H and O–H groups in total. The smallest absolute Gasteiger partial charge is 0.462 e. The molecular weight excluding hydrogens is 1180 g/mol. The number of hydrogen-bond acceptors (Lipinski definition) is 7. The summed E-state index contributed by atoms with van der Waals surface area (Å²) in [4.78, 5) is 36.0. The summed E-state index contributed by atoms with van der Waals surface area (Å²) in [7, 11) is 1.50. The van der Waals surface area contributed by atoms with Crippen molar-refractivity contribution in [2.75, 3.05) is 47.5 Å². The van der Waals surface area contributed by atoms with Crippen molar-refractivity contribution in [2.45, 2.75) is 418 Å². The minimum absolute atomic E-state index is 0.0335. The zero-order valence-corrected chi connectivity index (χ0v) is 64.1. The van der Waals surface area contributed by atoms with Crippen molar-refractivity contribution < 1.29 is 42.1 Å². The van der Waals surface area contributed by atoms with Gasteiger partial charge in [-0.2, -0.15) is 0 Å². The lowest BCUT2D eigenvalue weighted by Crippen LogP contribution is -2.37. The topological polar surface area (TPSA) is 108 Å². The van der Waals surface area contributed by atoms with Gasteiger partial charge in [-0.1, -0.05) is 402 Å². The first kappa shape index (κ1) is 91.7. The monoisotopic (exact) mass is 1340 g/mol. The van der Waals surface area contributed by atoms with Crippen molar-refractivity contribution in [3.63, 3.8) is 0 Å². The summed E-state index contributed by atoms with van der Waals surface area (Å²) in [6.45, 7) is 4.40. The van der Waals surface area contributed by atoms with Crippen LogP contribution in [0.15, 0.2) is 60.8 Å². The van der Waals surface area contributed by atoms with E-state index >= 15 is 0 Å². The number of nitrogens with zero attached hydrogens (tertiary/aromatic N) is 1. The van der Waals surface area contributed by atoms with Crippen LogP contribution in [-0.2, 0) is 32.7 Å². The highest BCUT2D eigenvalue weighted by Crippen LogP contribution is 2.43. The molecule has 0 saturated carbocycles. The van der Waals surface area contributed by atoms with Crippen LogP contribution >= 0.6 is 7.82 Å². The number of esters is 2. The number of phosphoric ester groups is 1. The van der Waals surface area contributed by atoms with Crippen molar-refractivity contribution in [1.29, 1.82) is 0 Å². The quantitative estimate of drug-likeness (QED) is 0.0211. The molecule has 0 radical (unpaired) electrons. The number of rotatable bonds is 77. The summed E-state index contributed by atoms with van der Waals surface area (Å²) in [5, 5.41) is 0. The van der Waals surface area contributed by atoms with E-state index in [-0.39, 0.29) is 25.6 Å². The Morgan fingerprint density at radius 1 is 0.340 bits per heavy atom. The molecule has 94 heavy (non-hydrogen) atoms. The first-order valence-electron chi connectivity index (χ1n) is 41.0. The Morgan fingerprint density at radius 2 is 0.606 bits per heavy atom. The summed E-state index contributed by atoms with van der Waals surface area (Å²) in [6, 6.07) is 0. The summed E-state index contributed by atoms with van der Waals surface area (Å²) >= 11 is 0. The number of phosphoric acid groups is 1. The van der Waals surface area contributed by atoms with Gasteiger partial charge < -0.3 is 18.9 Å². The van der Waals surface area contributed by atoms with Gasteiger partial charge in [-0.05, 0) is 57.8 Å². The number of quaternary nitrogens is 1. The molecule has 0 spiro atoms. The predicted octanol–water partition coefficient (Wildman–Crippen LogP) is 27.3. The van der Waals surface area contributed by atoms with Crippen LogP contribution in [0.25, 0.3) is 0 Å². The second-order valence-electron chi connectivity index (χ2n) is 29.1. The fraction of sp³-hybridized carbons (Fsp3) is 0.857. The highest BCUT2D eigenvalue weighted by molar-refractivity contribution is 7.47. The number of likely N-dealkylation sites (N-methyl/N-ethyl adjacent to an activating group) is 1. The van der Waals surface area contributed by atoms with Crippen LogP contribution in [0.2, 0.25) is 0 Å². The Morgan fingerprint density at radius 3 is 0.904 bits per heavy atom. The summed E-state index contributed by atoms with van der Waals surface area (Å²) in [5.74, 6) is -0.775. The third kappa shape index (κ3) is 78.7. The SMILES string of the molecule is CC/C=C\C/C=C\C/C=C\C/C=C\C/C=C\CCCCCCCCCCCCCCCCCCCC(=O)OC(COC(=O)CCCCCCCCCCCCCCCCCCCCCCCCCCCCCCCCCCCCCCC)COP(=O)(O)OCC[N+](C)(C)C. The minimum atomic E-state index is -4.39. The molecule has 0 aromatic carbocycles. The normalized spacial score (nSPS) is 13.3. The van der Waals surface area contributed by atoms with Gasteiger partial charge in [0.05, 0.1) is 27.7 Å². The maximum atomic E-state index is 12.9. The van der Waals surface area contributed by atoms with Gasteiger partial charge in [0, 0.05) is 12.8 Å². The molecule has 10 heteroatoms. The van der Waals surface area contributed by atoms with Crippen molar-refractivity contribution in [3.05, 3.63) is 60.8 Å². The molecule has 0 aliphatic heterocycles. The maximum absolute atomic E-state index is 12.9. The lowest BCUT2D eigenvalue weighted by molar-refractivity contribution is -0.870. The lowest BCUT2D eigenvalue weighted by atomic mass is 10.0. The number of allylic oxidation sites excluding steroid dienone is 10. The molecule has 0 rings (SSSR count). The van der Waals surface area contributed by atoms with Crippen molar-refractivity contribution in [1.82, 2.24) is 0 Å². The van der Waals surface area contributed by atoms with Crippen molar-refractivity contribution in [3.8, 4) is 0 Å². The van der Waals surface area contributed by atoms with Gasteiger partial charge in [-0.25, -0.2) is 4.57 Å². The van der Waals surface area contributed by atoms with Crippen LogP contribution in [0.4, 0.5) is 0 Å². The minimum Gasteiger partial charge on any atom is -0.462 e. The first-order chi connectivity index (χ1) is 46.0. The van der Waals surface area contributed by atoms with Crippen LogP contribution in [-0.4, -0.2) is 74.9 Å². The van der Waals surface area contributed by atoms with E-state index in [1.165, 1.54) is 315 Å². The van der Waals surface area contributed by atoms with E-state index in [0.29, 0.717) is 23.9 Å². The van der Waals surface area contributed by atoms with Crippen LogP contribution in [0.1, 0.15) is 412 Å². The molecule has 9 nitrogen and oxygen atoms in total. The van der Waals surface area contributed by atoms with Gasteiger partial charge >= 0.3 is 19.8 Å². The number of carbonyl (C=O) groups is 2. The molecule has 2 unspecified atom stereocenters. The van der Waals surface area contributed by atoms with Crippen LogP contribution in [0.3, 0.4) is 0 Å². The molecule has 0 bridgehead atoms. The number of carbonyl (C=O) groups excluding carboxylic acids is 2. The van der Waals surface area contributed by atoms with Crippen LogP contribution in [0, 0.1) is 0 Å². The third-order valence-corrected chi connectivity index (χ3v) is 19.5. The average molecular weight is 1340 g/mol. The molecule has 0 aromatic heterocycles. The van der Waals surface area contributed by atoms with E-state index in [9.17, 15) is 19.0 Å². The van der Waals surface area contributed by atoms with Gasteiger partial charge in [0.1, 0.15) is 19.8 Å². The zero-order valence-electron chi connectivity index (χ0n) is 63.2. The second-order valence-corrected chi connectivity index (χ2v) is 30.6. The lowest BCUT2D eigenvalue weighted by Gasteiger charge is -2.24. The molecule has 0 heterocycles. The molecule has 0 aromatic rings. The Kier molecular flexibility index (Phi) is 73.1. The maximum Gasteiger partial charge on any atom is 0.472 e. The van der Waals surface area contributed by atoms with Crippen molar-refractivity contribution in [2.24, 2.45) is 0 Å². The van der Waals surface area contributed by atoms with Gasteiger partial charge in [-0.3, -0.25) is 18.6 Å². The third-order valence-electron chi connectivity index (χ3n) is 18.6. The summed E-state index contributed by atoms with van der Waals surface area (Å²) in [5.41, 5.74) is 0. The molecule has 0 amide bonds. The Balaban J connectivity index is 3.90. The van der Waals surface area contributed by atoms with Crippen LogP contribution in [0.5, 0.6) is 0 Å². The van der Waals surface area contributed by atoms with E-state index in [2.05, 4.69) is 74.6 Å². The Bertz CT molecular complexity index is 1770. The van der Waals surface area contributed by atoms with Gasteiger partial charge in [-0.15, -0.1) is 0 Å². The summed E-state index contributed by atoms with van der Waals surface area (Å²) < 4.78 is 34.8. The van der Waals surface area contributed by atoms with E-state index in [1.807, 2.05) is 21.1 Å². The van der Waals surface area contributed by atoms with E-state index < -0.39 is 26.5 Å². The second kappa shape index (κ2) is 74.9. The van der Waals surface area contributed by atoms with Gasteiger partial charge in [0.2, 0.25) is 0 Å². The molecule has 0 aliphatic carbocycles. The molecule has 0 aliphatic rings. The van der Waals surface area contributed by atoms with Gasteiger partial charge in [0.15, 0.2) is 6.10 Å². The first-order valence-corrected chi connectivity index (χ1v) is 42.5. The van der Waals surface area contributed by atoms with E-state index in [4.69, 9.17) is 18.5 Å². The zero-order chi connectivity index (χ0) is 68.3. The van der Waals surface area contributed by atoms with Crippen molar-refractivity contribution >= 4 is 19.8 Å². The number of ether oxygens (including phenoxy) is 2.